The summed E-state index contributed by atoms with van der Waals surface area (Å²) in [5, 5.41) is 0. The lowest BCUT2D eigenvalue weighted by Crippen LogP contribution is -2.59. The summed E-state index contributed by atoms with van der Waals surface area (Å²) in [5.41, 5.74) is 2.18. The molecule has 0 bridgehead atoms. The average Bonchev–Trinajstić information content (AvgIpc) is 3.17. The van der Waals surface area contributed by atoms with Crippen molar-refractivity contribution in [3.05, 3.63) is 90.3 Å². The maximum Gasteiger partial charge on any atom is 0.257 e. The van der Waals surface area contributed by atoms with Gasteiger partial charge in [-0.3, -0.25) is 24.6 Å². The summed E-state index contributed by atoms with van der Waals surface area (Å²) in [5.74, 6) is -0.0365. The van der Waals surface area contributed by atoms with Crippen molar-refractivity contribution in [3.8, 4) is 0 Å². The van der Waals surface area contributed by atoms with Crippen LogP contribution < -0.4 is 0 Å². The van der Waals surface area contributed by atoms with Crippen molar-refractivity contribution in [1.29, 1.82) is 0 Å². The number of aromatic nitrogens is 3. The number of morpholine rings is 1. The van der Waals surface area contributed by atoms with E-state index in [-0.39, 0.29) is 11.8 Å². The summed E-state index contributed by atoms with van der Waals surface area (Å²) in [7, 11) is 0. The average molecular weight is 415 g/mol. The standard InChI is InChI=1S/C24H25N5O2/c30-23-24(31-13-12-29(23)15-19-6-10-25-11-7-19)18-28(16-21-5-1-2-9-27-21)17-22(24)20-4-3-8-26-14-20/h1-11,14,22H,12-13,15-18H2/t22-,24-/m0/s1. The highest BCUT2D eigenvalue weighted by Gasteiger charge is 2.57. The Morgan fingerprint density at radius 1 is 1.00 bits per heavy atom. The lowest BCUT2D eigenvalue weighted by molar-refractivity contribution is -0.173. The Balaban J connectivity index is 1.45. The molecule has 5 heterocycles. The lowest BCUT2D eigenvalue weighted by Gasteiger charge is -2.42. The second kappa shape index (κ2) is 8.53. The number of carbonyl (C=O) groups is 1. The maximum absolute atomic E-state index is 13.9. The third-order valence-corrected chi connectivity index (χ3v) is 6.15. The number of nitrogens with zero attached hydrogens (tertiary/aromatic N) is 5. The van der Waals surface area contributed by atoms with Gasteiger partial charge in [-0.25, -0.2) is 0 Å². The SMILES string of the molecule is O=C1N(Cc2ccncc2)CCO[C@]12CN(Cc1ccccn1)C[C@H]2c1cccnc1. The molecule has 0 N–H and O–H groups in total. The molecule has 7 nitrogen and oxygen atoms in total. The van der Waals surface area contributed by atoms with Crippen molar-refractivity contribution in [2.75, 3.05) is 26.2 Å². The van der Waals surface area contributed by atoms with E-state index in [1.165, 1.54) is 0 Å². The Morgan fingerprint density at radius 2 is 1.90 bits per heavy atom. The second-order valence-electron chi connectivity index (χ2n) is 8.15. The van der Waals surface area contributed by atoms with Crippen LogP contribution in [-0.4, -0.2) is 62.5 Å². The molecule has 0 aliphatic carbocycles. The van der Waals surface area contributed by atoms with Gasteiger partial charge in [0.2, 0.25) is 0 Å². The number of amides is 1. The van der Waals surface area contributed by atoms with Crippen LogP contribution in [0.4, 0.5) is 0 Å². The Bertz CT molecular complexity index is 1020. The fourth-order valence-electron chi connectivity index (χ4n) is 4.70. The van der Waals surface area contributed by atoms with E-state index in [9.17, 15) is 4.79 Å². The Kier molecular flexibility index (Phi) is 5.44. The number of hydrogen-bond donors (Lipinski definition) is 0. The molecule has 0 unspecified atom stereocenters. The Morgan fingerprint density at radius 3 is 2.68 bits per heavy atom. The van der Waals surface area contributed by atoms with Crippen LogP contribution in [0.3, 0.4) is 0 Å². The second-order valence-corrected chi connectivity index (χ2v) is 8.15. The monoisotopic (exact) mass is 415 g/mol. The molecule has 2 atom stereocenters. The first-order chi connectivity index (χ1) is 15.2. The molecule has 31 heavy (non-hydrogen) atoms. The van der Waals surface area contributed by atoms with E-state index >= 15 is 0 Å². The minimum Gasteiger partial charge on any atom is -0.361 e. The molecule has 3 aromatic heterocycles. The molecule has 5 rings (SSSR count). The highest BCUT2D eigenvalue weighted by molar-refractivity contribution is 5.88. The third-order valence-electron chi connectivity index (χ3n) is 6.15. The smallest absolute Gasteiger partial charge is 0.257 e. The minimum absolute atomic E-state index is 0.0490. The maximum atomic E-state index is 13.9. The fourth-order valence-corrected chi connectivity index (χ4v) is 4.70. The summed E-state index contributed by atoms with van der Waals surface area (Å²) < 4.78 is 6.35. The molecule has 0 aromatic carbocycles. The predicted octanol–water partition coefficient (Wildman–Crippen LogP) is 2.27. The number of hydrogen-bond acceptors (Lipinski definition) is 6. The Hall–Kier alpha value is -3.16. The van der Waals surface area contributed by atoms with Gasteiger partial charge in [0.15, 0.2) is 5.60 Å². The van der Waals surface area contributed by atoms with Gasteiger partial charge in [-0.1, -0.05) is 12.1 Å². The van der Waals surface area contributed by atoms with Crippen LogP contribution >= 0.6 is 0 Å². The molecule has 7 heteroatoms. The summed E-state index contributed by atoms with van der Waals surface area (Å²) in [6, 6.07) is 13.8. The molecular formula is C24H25N5O2. The van der Waals surface area contributed by atoms with Crippen LogP contribution in [0.25, 0.3) is 0 Å². The van der Waals surface area contributed by atoms with Gasteiger partial charge in [0.05, 0.1) is 12.3 Å². The van der Waals surface area contributed by atoms with Crippen molar-refractivity contribution < 1.29 is 9.53 Å². The zero-order valence-corrected chi connectivity index (χ0v) is 17.3. The normalized spacial score (nSPS) is 24.1. The molecule has 2 saturated heterocycles. The van der Waals surface area contributed by atoms with Gasteiger partial charge >= 0.3 is 0 Å². The molecule has 158 valence electrons. The van der Waals surface area contributed by atoms with E-state index in [1.54, 1.807) is 24.8 Å². The van der Waals surface area contributed by atoms with Gasteiger partial charge in [-0.15, -0.1) is 0 Å². The van der Waals surface area contributed by atoms with Gasteiger partial charge in [0.1, 0.15) is 0 Å². The highest BCUT2D eigenvalue weighted by Crippen LogP contribution is 2.42. The number of pyridine rings is 3. The van der Waals surface area contributed by atoms with Gasteiger partial charge in [-0.05, 0) is 41.5 Å². The van der Waals surface area contributed by atoms with Crippen LogP contribution in [0.1, 0.15) is 22.7 Å². The molecule has 0 radical (unpaired) electrons. The Labute approximate surface area is 181 Å². The number of ether oxygens (including phenoxy) is 1. The first-order valence-corrected chi connectivity index (χ1v) is 10.6. The lowest BCUT2D eigenvalue weighted by atomic mass is 9.83. The molecule has 1 amide bonds. The van der Waals surface area contributed by atoms with E-state index < -0.39 is 5.60 Å². The van der Waals surface area contributed by atoms with Gasteiger partial charge in [0, 0.05) is 69.6 Å². The molecule has 2 aliphatic heterocycles. The minimum atomic E-state index is -0.914. The summed E-state index contributed by atoms with van der Waals surface area (Å²) in [6.07, 6.45) is 8.95. The van der Waals surface area contributed by atoms with Crippen LogP contribution in [-0.2, 0) is 22.6 Å². The van der Waals surface area contributed by atoms with Gasteiger partial charge in [0.25, 0.3) is 5.91 Å². The van der Waals surface area contributed by atoms with E-state index in [4.69, 9.17) is 4.74 Å². The van der Waals surface area contributed by atoms with Gasteiger partial charge < -0.3 is 9.64 Å². The van der Waals surface area contributed by atoms with E-state index in [1.807, 2.05) is 53.6 Å². The van der Waals surface area contributed by atoms with Crippen molar-refractivity contribution >= 4 is 5.91 Å². The third kappa shape index (κ3) is 3.94. The summed E-state index contributed by atoms with van der Waals surface area (Å²) in [4.78, 5) is 30.9. The van der Waals surface area contributed by atoms with Crippen molar-refractivity contribution in [2.24, 2.45) is 0 Å². The topological polar surface area (TPSA) is 71.5 Å². The molecule has 3 aromatic rings. The summed E-state index contributed by atoms with van der Waals surface area (Å²) >= 11 is 0. The molecule has 0 saturated carbocycles. The molecule has 2 fully saturated rings. The molecular weight excluding hydrogens is 390 g/mol. The zero-order chi connectivity index (χ0) is 21.1. The van der Waals surface area contributed by atoms with Gasteiger partial charge in [-0.2, -0.15) is 0 Å². The highest BCUT2D eigenvalue weighted by atomic mass is 16.5. The first kappa shape index (κ1) is 19.8. The quantitative estimate of drug-likeness (QED) is 0.637. The van der Waals surface area contributed by atoms with Crippen molar-refractivity contribution in [3.63, 3.8) is 0 Å². The van der Waals surface area contributed by atoms with Crippen molar-refractivity contribution in [2.45, 2.75) is 24.6 Å². The number of likely N-dealkylation sites (tertiary alicyclic amines) is 1. The first-order valence-electron chi connectivity index (χ1n) is 10.6. The summed E-state index contributed by atoms with van der Waals surface area (Å²) in [6.45, 7) is 3.60. The number of rotatable bonds is 5. The molecule has 1 spiro atoms. The van der Waals surface area contributed by atoms with E-state index in [2.05, 4.69) is 19.9 Å². The van der Waals surface area contributed by atoms with Crippen LogP contribution in [0.2, 0.25) is 0 Å². The van der Waals surface area contributed by atoms with Crippen LogP contribution in [0.15, 0.2) is 73.4 Å². The zero-order valence-electron chi connectivity index (χ0n) is 17.3. The fraction of sp³-hybridized carbons (Fsp3) is 0.333. The van der Waals surface area contributed by atoms with E-state index in [0.29, 0.717) is 32.8 Å². The van der Waals surface area contributed by atoms with Crippen molar-refractivity contribution in [1.82, 2.24) is 24.8 Å². The number of carbonyl (C=O) groups excluding carboxylic acids is 1. The van der Waals surface area contributed by atoms with Crippen LogP contribution in [0, 0.1) is 0 Å². The molecule has 2 aliphatic rings. The van der Waals surface area contributed by atoms with E-state index in [0.717, 1.165) is 23.4 Å². The predicted molar refractivity (Wildman–Crippen MR) is 115 cm³/mol. The largest absolute Gasteiger partial charge is 0.361 e. The van der Waals surface area contributed by atoms with Crippen LogP contribution in [0.5, 0.6) is 0 Å².